The van der Waals surface area contributed by atoms with Crippen molar-refractivity contribution in [1.29, 1.82) is 0 Å². The summed E-state index contributed by atoms with van der Waals surface area (Å²) in [5.74, 6) is 2.24. The predicted molar refractivity (Wildman–Crippen MR) is 63.2 cm³/mol. The molecule has 2 rings (SSSR count). The molecule has 0 aromatic rings. The van der Waals surface area contributed by atoms with Crippen molar-refractivity contribution < 1.29 is 9.53 Å². The third-order valence-electron chi connectivity index (χ3n) is 3.46. The van der Waals surface area contributed by atoms with Crippen LogP contribution in [0.1, 0.15) is 39.0 Å². The molecule has 15 heavy (non-hydrogen) atoms. The van der Waals surface area contributed by atoms with E-state index in [-0.39, 0.29) is 0 Å². The third-order valence-corrected chi connectivity index (χ3v) is 5.09. The van der Waals surface area contributed by atoms with Crippen molar-refractivity contribution in [2.24, 2.45) is 5.92 Å². The fourth-order valence-electron chi connectivity index (χ4n) is 2.33. The summed E-state index contributed by atoms with van der Waals surface area (Å²) < 4.78 is 5.60. The molecular weight excluding hydrogens is 208 g/mol. The molecule has 2 nitrogen and oxygen atoms in total. The maximum Gasteiger partial charge on any atom is 0.134 e. The molecule has 0 N–H and O–H groups in total. The van der Waals surface area contributed by atoms with Gasteiger partial charge in [-0.2, -0.15) is 11.8 Å². The van der Waals surface area contributed by atoms with E-state index in [2.05, 4.69) is 6.92 Å². The monoisotopic (exact) mass is 228 g/mol. The number of Topliss-reactive ketones (excluding diaryl/α,β-unsaturated/α-hetero) is 1. The number of carbonyl (C=O) groups is 1. The van der Waals surface area contributed by atoms with Crippen molar-refractivity contribution in [3.63, 3.8) is 0 Å². The number of thioether (sulfide) groups is 1. The summed E-state index contributed by atoms with van der Waals surface area (Å²) in [5, 5.41) is 0.551. The molecule has 1 aliphatic carbocycles. The zero-order chi connectivity index (χ0) is 10.7. The molecule has 2 aliphatic rings. The molecule has 0 spiro atoms. The average molecular weight is 228 g/mol. The summed E-state index contributed by atoms with van der Waals surface area (Å²) in [6, 6.07) is 0. The SMILES string of the molecule is CC1CCC(=O)CC1SCC1CCCO1. The summed E-state index contributed by atoms with van der Waals surface area (Å²) in [4.78, 5) is 11.4. The Bertz CT molecular complexity index is 224. The number of ketones is 1. The van der Waals surface area contributed by atoms with Crippen LogP contribution >= 0.6 is 11.8 Å². The lowest BCUT2D eigenvalue weighted by molar-refractivity contribution is -0.120. The Hall–Kier alpha value is -0.0200. The smallest absolute Gasteiger partial charge is 0.134 e. The van der Waals surface area contributed by atoms with E-state index in [9.17, 15) is 4.79 Å². The molecule has 0 aromatic heterocycles. The molecule has 0 radical (unpaired) electrons. The van der Waals surface area contributed by atoms with E-state index in [1.807, 2.05) is 11.8 Å². The summed E-state index contributed by atoms with van der Waals surface area (Å²) in [6.07, 6.45) is 5.56. The first-order valence-corrected chi connectivity index (χ1v) is 7.05. The molecule has 86 valence electrons. The van der Waals surface area contributed by atoms with Gasteiger partial charge in [0.15, 0.2) is 0 Å². The van der Waals surface area contributed by atoms with Crippen LogP contribution in [0.2, 0.25) is 0 Å². The molecule has 3 heteroatoms. The summed E-state index contributed by atoms with van der Waals surface area (Å²) in [5.41, 5.74) is 0. The molecule has 0 amide bonds. The van der Waals surface area contributed by atoms with E-state index in [1.54, 1.807) is 0 Å². The molecule has 2 fully saturated rings. The molecule has 1 heterocycles. The minimum Gasteiger partial charge on any atom is -0.377 e. The van der Waals surface area contributed by atoms with Gasteiger partial charge in [0.25, 0.3) is 0 Å². The Morgan fingerprint density at radius 1 is 1.47 bits per heavy atom. The molecule has 3 unspecified atom stereocenters. The van der Waals surface area contributed by atoms with Crippen LogP contribution in [0, 0.1) is 5.92 Å². The van der Waals surface area contributed by atoms with E-state index < -0.39 is 0 Å². The number of ether oxygens (including phenoxy) is 1. The maximum atomic E-state index is 11.4. The van der Waals surface area contributed by atoms with Crippen LogP contribution in [0.15, 0.2) is 0 Å². The molecule has 1 saturated heterocycles. The van der Waals surface area contributed by atoms with Crippen molar-refractivity contribution in [2.45, 2.75) is 50.4 Å². The Balaban J connectivity index is 1.74. The number of rotatable bonds is 3. The van der Waals surface area contributed by atoms with Crippen molar-refractivity contribution in [2.75, 3.05) is 12.4 Å². The van der Waals surface area contributed by atoms with Gasteiger partial charge in [0.1, 0.15) is 5.78 Å². The molecular formula is C12H20O2S. The minimum absolute atomic E-state index is 0.456. The summed E-state index contributed by atoms with van der Waals surface area (Å²) >= 11 is 1.96. The Morgan fingerprint density at radius 2 is 2.33 bits per heavy atom. The third kappa shape index (κ3) is 3.22. The van der Waals surface area contributed by atoms with Gasteiger partial charge >= 0.3 is 0 Å². The van der Waals surface area contributed by atoms with Gasteiger partial charge in [-0.1, -0.05) is 6.92 Å². The van der Waals surface area contributed by atoms with Crippen molar-refractivity contribution in [3.05, 3.63) is 0 Å². The molecule has 0 aromatic carbocycles. The highest BCUT2D eigenvalue weighted by atomic mass is 32.2. The van der Waals surface area contributed by atoms with Gasteiger partial charge in [0.05, 0.1) is 6.10 Å². The first kappa shape index (κ1) is 11.5. The Morgan fingerprint density at radius 3 is 3.07 bits per heavy atom. The fraction of sp³-hybridized carbons (Fsp3) is 0.917. The zero-order valence-corrected chi connectivity index (χ0v) is 10.2. The molecule has 1 saturated carbocycles. The average Bonchev–Trinajstić information content (AvgIpc) is 2.72. The summed E-state index contributed by atoms with van der Waals surface area (Å²) in [7, 11) is 0. The highest BCUT2D eigenvalue weighted by Gasteiger charge is 2.27. The van der Waals surface area contributed by atoms with Crippen molar-refractivity contribution in [1.82, 2.24) is 0 Å². The molecule has 3 atom stereocenters. The van der Waals surface area contributed by atoms with Crippen LogP contribution < -0.4 is 0 Å². The van der Waals surface area contributed by atoms with Crippen LogP contribution in [-0.4, -0.2) is 29.5 Å². The number of hydrogen-bond donors (Lipinski definition) is 0. The van der Waals surface area contributed by atoms with Crippen LogP contribution in [0.25, 0.3) is 0 Å². The van der Waals surface area contributed by atoms with E-state index in [0.29, 0.717) is 23.1 Å². The van der Waals surface area contributed by atoms with E-state index in [4.69, 9.17) is 4.74 Å². The van der Waals surface area contributed by atoms with Crippen LogP contribution in [-0.2, 0) is 9.53 Å². The van der Waals surface area contributed by atoms with E-state index in [0.717, 1.165) is 31.6 Å². The van der Waals surface area contributed by atoms with Gasteiger partial charge in [0, 0.05) is 30.5 Å². The predicted octanol–water partition coefficient (Wildman–Crippen LogP) is 2.66. The lowest BCUT2D eigenvalue weighted by Gasteiger charge is -2.28. The maximum absolute atomic E-state index is 11.4. The van der Waals surface area contributed by atoms with E-state index >= 15 is 0 Å². The summed E-state index contributed by atoms with van der Waals surface area (Å²) in [6.45, 7) is 3.21. The molecule has 1 aliphatic heterocycles. The highest BCUT2D eigenvalue weighted by Crippen LogP contribution is 2.33. The number of hydrogen-bond acceptors (Lipinski definition) is 3. The van der Waals surface area contributed by atoms with Gasteiger partial charge < -0.3 is 4.74 Å². The lowest BCUT2D eigenvalue weighted by Crippen LogP contribution is -2.26. The van der Waals surface area contributed by atoms with Crippen LogP contribution in [0.4, 0.5) is 0 Å². The fourth-order valence-corrected chi connectivity index (χ4v) is 3.83. The van der Waals surface area contributed by atoms with Gasteiger partial charge in [-0.3, -0.25) is 4.79 Å². The zero-order valence-electron chi connectivity index (χ0n) is 9.41. The van der Waals surface area contributed by atoms with Crippen LogP contribution in [0.3, 0.4) is 0 Å². The quantitative estimate of drug-likeness (QED) is 0.743. The van der Waals surface area contributed by atoms with Gasteiger partial charge in [-0.25, -0.2) is 0 Å². The highest BCUT2D eigenvalue weighted by molar-refractivity contribution is 8.00. The Labute approximate surface area is 96.1 Å². The second kappa shape index (κ2) is 5.35. The van der Waals surface area contributed by atoms with Crippen LogP contribution in [0.5, 0.6) is 0 Å². The molecule has 0 bridgehead atoms. The van der Waals surface area contributed by atoms with Crippen molar-refractivity contribution in [3.8, 4) is 0 Å². The number of carbonyl (C=O) groups excluding carboxylic acids is 1. The van der Waals surface area contributed by atoms with Crippen molar-refractivity contribution >= 4 is 17.5 Å². The van der Waals surface area contributed by atoms with E-state index in [1.165, 1.54) is 12.8 Å². The minimum atomic E-state index is 0.456. The standard InChI is InChI=1S/C12H20O2S/c1-9-4-5-10(13)7-12(9)15-8-11-3-2-6-14-11/h9,11-12H,2-8H2,1H3. The van der Waals surface area contributed by atoms with Gasteiger partial charge in [-0.15, -0.1) is 0 Å². The van der Waals surface area contributed by atoms with Gasteiger partial charge in [0.2, 0.25) is 0 Å². The first-order chi connectivity index (χ1) is 7.25. The normalized spacial score (nSPS) is 37.1. The Kier molecular flexibility index (Phi) is 4.09. The first-order valence-electron chi connectivity index (χ1n) is 6.00. The second-order valence-corrected chi connectivity index (χ2v) is 6.04. The van der Waals surface area contributed by atoms with Gasteiger partial charge in [-0.05, 0) is 25.2 Å². The topological polar surface area (TPSA) is 26.3 Å². The second-order valence-electron chi connectivity index (χ2n) is 4.77. The largest absolute Gasteiger partial charge is 0.377 e. The lowest BCUT2D eigenvalue weighted by atomic mass is 9.89.